The molecule has 5 nitrogen and oxygen atoms in total. The standard InChI is InChI=1S/C19H28N2O3/c1-3-21(19-17(14-22)6-5-11-20-19)13-16-9-7-15(8-10-16)12-18(23)24-4-2/h5-6,11,14-16H,3-4,7-10,12-13H2,1-2H3. The smallest absolute Gasteiger partial charge is 0.306 e. The van der Waals surface area contributed by atoms with Crippen LogP contribution in [0.15, 0.2) is 18.3 Å². The van der Waals surface area contributed by atoms with Gasteiger partial charge in [-0.15, -0.1) is 0 Å². The van der Waals surface area contributed by atoms with E-state index in [-0.39, 0.29) is 5.97 Å². The van der Waals surface area contributed by atoms with Gasteiger partial charge in [-0.25, -0.2) is 4.98 Å². The lowest BCUT2D eigenvalue weighted by molar-refractivity contribution is -0.144. The van der Waals surface area contributed by atoms with Gasteiger partial charge in [-0.3, -0.25) is 9.59 Å². The van der Waals surface area contributed by atoms with E-state index in [0.717, 1.165) is 50.9 Å². The molecule has 1 aliphatic rings. The van der Waals surface area contributed by atoms with Crippen molar-refractivity contribution in [3.05, 3.63) is 23.9 Å². The van der Waals surface area contributed by atoms with Crippen LogP contribution in [0.2, 0.25) is 0 Å². The van der Waals surface area contributed by atoms with E-state index in [4.69, 9.17) is 4.74 Å². The van der Waals surface area contributed by atoms with Gasteiger partial charge in [0.25, 0.3) is 0 Å². The average Bonchev–Trinajstić information content (AvgIpc) is 2.61. The fourth-order valence-corrected chi connectivity index (χ4v) is 3.52. The minimum Gasteiger partial charge on any atom is -0.466 e. The van der Waals surface area contributed by atoms with Crippen molar-refractivity contribution in [1.29, 1.82) is 0 Å². The Hall–Kier alpha value is -1.91. The number of aromatic nitrogens is 1. The van der Waals surface area contributed by atoms with Gasteiger partial charge in [-0.2, -0.15) is 0 Å². The number of carbonyl (C=O) groups excluding carboxylic acids is 2. The highest BCUT2D eigenvalue weighted by molar-refractivity contribution is 5.82. The van der Waals surface area contributed by atoms with E-state index in [1.54, 1.807) is 12.3 Å². The Morgan fingerprint density at radius 3 is 2.62 bits per heavy atom. The molecule has 0 radical (unpaired) electrons. The maximum atomic E-state index is 11.6. The molecule has 0 aromatic carbocycles. The van der Waals surface area contributed by atoms with E-state index in [1.165, 1.54) is 0 Å². The summed E-state index contributed by atoms with van der Waals surface area (Å²) in [4.78, 5) is 29.4. The number of hydrogen-bond donors (Lipinski definition) is 0. The van der Waals surface area contributed by atoms with Crippen molar-refractivity contribution in [2.45, 2.75) is 46.0 Å². The molecule has 0 N–H and O–H groups in total. The summed E-state index contributed by atoms with van der Waals surface area (Å²) >= 11 is 0. The van der Waals surface area contributed by atoms with Gasteiger partial charge in [0.2, 0.25) is 0 Å². The molecule has 1 aliphatic carbocycles. The predicted molar refractivity (Wildman–Crippen MR) is 94.2 cm³/mol. The van der Waals surface area contributed by atoms with Crippen LogP contribution in [-0.2, 0) is 9.53 Å². The third-order valence-electron chi connectivity index (χ3n) is 4.83. The van der Waals surface area contributed by atoms with Crippen LogP contribution in [0.25, 0.3) is 0 Å². The SMILES string of the molecule is CCOC(=O)CC1CCC(CN(CC)c2ncccc2C=O)CC1. The number of aldehydes is 1. The van der Waals surface area contributed by atoms with E-state index in [2.05, 4.69) is 16.8 Å². The number of rotatable bonds is 8. The summed E-state index contributed by atoms with van der Waals surface area (Å²) in [6.07, 6.45) is 7.54. The first-order chi connectivity index (χ1) is 11.7. The van der Waals surface area contributed by atoms with Crippen LogP contribution in [0.4, 0.5) is 5.82 Å². The lowest BCUT2D eigenvalue weighted by Gasteiger charge is -2.33. The predicted octanol–water partition coefficient (Wildman–Crippen LogP) is 3.48. The molecule has 0 aliphatic heterocycles. The summed E-state index contributed by atoms with van der Waals surface area (Å²) in [6, 6.07) is 3.61. The van der Waals surface area contributed by atoms with Gasteiger partial charge in [0, 0.05) is 25.7 Å². The van der Waals surface area contributed by atoms with Crippen molar-refractivity contribution >= 4 is 18.1 Å². The van der Waals surface area contributed by atoms with E-state index >= 15 is 0 Å². The highest BCUT2D eigenvalue weighted by Crippen LogP contribution is 2.32. The molecule has 0 amide bonds. The van der Waals surface area contributed by atoms with Gasteiger partial charge >= 0.3 is 5.97 Å². The third kappa shape index (κ3) is 5.05. The average molecular weight is 332 g/mol. The third-order valence-corrected chi connectivity index (χ3v) is 4.83. The normalized spacial score (nSPS) is 20.4. The van der Waals surface area contributed by atoms with E-state index in [1.807, 2.05) is 13.0 Å². The molecule has 24 heavy (non-hydrogen) atoms. The molecule has 1 fully saturated rings. The summed E-state index contributed by atoms with van der Waals surface area (Å²) in [6.45, 7) is 6.15. The molecule has 1 heterocycles. The van der Waals surface area contributed by atoms with Crippen molar-refractivity contribution in [3.63, 3.8) is 0 Å². The Kier molecular flexibility index (Phi) is 7.22. The molecule has 0 atom stereocenters. The number of esters is 1. The highest BCUT2D eigenvalue weighted by atomic mass is 16.5. The Morgan fingerprint density at radius 2 is 2.00 bits per heavy atom. The van der Waals surface area contributed by atoms with Gasteiger partial charge < -0.3 is 9.64 Å². The van der Waals surface area contributed by atoms with Crippen molar-refractivity contribution in [2.24, 2.45) is 11.8 Å². The first kappa shape index (κ1) is 18.4. The zero-order valence-electron chi connectivity index (χ0n) is 14.7. The number of carbonyl (C=O) groups is 2. The highest BCUT2D eigenvalue weighted by Gasteiger charge is 2.25. The van der Waals surface area contributed by atoms with Crippen molar-refractivity contribution < 1.29 is 14.3 Å². The van der Waals surface area contributed by atoms with Gasteiger partial charge in [0.1, 0.15) is 5.82 Å². The molecular formula is C19H28N2O3. The molecule has 0 saturated heterocycles. The van der Waals surface area contributed by atoms with Crippen LogP contribution in [0, 0.1) is 11.8 Å². The lowest BCUT2D eigenvalue weighted by atomic mass is 9.80. The lowest BCUT2D eigenvalue weighted by Crippen LogP contribution is -2.33. The maximum Gasteiger partial charge on any atom is 0.306 e. The number of pyridine rings is 1. The van der Waals surface area contributed by atoms with Crippen molar-refractivity contribution in [3.8, 4) is 0 Å². The summed E-state index contributed by atoms with van der Waals surface area (Å²) in [5.74, 6) is 1.75. The van der Waals surface area contributed by atoms with Crippen LogP contribution in [0.5, 0.6) is 0 Å². The second-order valence-corrected chi connectivity index (χ2v) is 6.47. The Labute approximate surface area is 144 Å². The van der Waals surface area contributed by atoms with Crippen molar-refractivity contribution in [2.75, 3.05) is 24.6 Å². The van der Waals surface area contributed by atoms with Gasteiger partial charge in [-0.1, -0.05) is 0 Å². The molecule has 0 spiro atoms. The summed E-state index contributed by atoms with van der Waals surface area (Å²) in [5, 5.41) is 0. The molecule has 0 bridgehead atoms. The molecule has 0 unspecified atom stereocenters. The zero-order valence-corrected chi connectivity index (χ0v) is 14.7. The minimum atomic E-state index is -0.0692. The monoisotopic (exact) mass is 332 g/mol. The quantitative estimate of drug-likeness (QED) is 0.539. The fraction of sp³-hybridized carbons (Fsp3) is 0.632. The van der Waals surface area contributed by atoms with E-state index in [0.29, 0.717) is 30.4 Å². The number of anilines is 1. The molecule has 132 valence electrons. The maximum absolute atomic E-state index is 11.6. The molecular weight excluding hydrogens is 304 g/mol. The van der Waals surface area contributed by atoms with Gasteiger partial charge in [0.05, 0.1) is 12.2 Å². The van der Waals surface area contributed by atoms with Crippen LogP contribution >= 0.6 is 0 Å². The van der Waals surface area contributed by atoms with E-state index in [9.17, 15) is 9.59 Å². The molecule has 2 rings (SSSR count). The Bertz CT molecular complexity index is 539. The largest absolute Gasteiger partial charge is 0.466 e. The van der Waals surface area contributed by atoms with Crippen LogP contribution in [-0.4, -0.2) is 36.9 Å². The first-order valence-corrected chi connectivity index (χ1v) is 8.98. The summed E-state index contributed by atoms with van der Waals surface area (Å²) in [5.41, 5.74) is 0.648. The Balaban J connectivity index is 1.87. The van der Waals surface area contributed by atoms with Crippen LogP contribution < -0.4 is 4.90 Å². The van der Waals surface area contributed by atoms with Gasteiger partial charge in [0.15, 0.2) is 6.29 Å². The summed E-state index contributed by atoms with van der Waals surface area (Å²) < 4.78 is 5.05. The van der Waals surface area contributed by atoms with Gasteiger partial charge in [-0.05, 0) is 63.5 Å². The van der Waals surface area contributed by atoms with Crippen LogP contribution in [0.3, 0.4) is 0 Å². The minimum absolute atomic E-state index is 0.0692. The van der Waals surface area contributed by atoms with Crippen LogP contribution in [0.1, 0.15) is 56.3 Å². The number of ether oxygens (including phenoxy) is 1. The second-order valence-electron chi connectivity index (χ2n) is 6.47. The molecule has 1 aromatic rings. The first-order valence-electron chi connectivity index (χ1n) is 8.98. The summed E-state index contributed by atoms with van der Waals surface area (Å²) in [7, 11) is 0. The topological polar surface area (TPSA) is 59.5 Å². The zero-order chi connectivity index (χ0) is 17.4. The molecule has 1 aromatic heterocycles. The molecule has 5 heteroatoms. The fourth-order valence-electron chi connectivity index (χ4n) is 3.52. The van der Waals surface area contributed by atoms with E-state index < -0.39 is 0 Å². The molecule has 1 saturated carbocycles. The van der Waals surface area contributed by atoms with Crippen molar-refractivity contribution in [1.82, 2.24) is 4.98 Å². The number of nitrogens with zero attached hydrogens (tertiary/aromatic N) is 2. The number of hydrogen-bond acceptors (Lipinski definition) is 5. The Morgan fingerprint density at radius 1 is 1.29 bits per heavy atom. The second kappa shape index (κ2) is 9.40.